The molecule has 3 nitrogen and oxygen atoms in total. The van der Waals surface area contributed by atoms with Crippen LogP contribution in [0, 0.1) is 11.3 Å². The van der Waals surface area contributed by atoms with E-state index in [4.69, 9.17) is 5.26 Å². The molecule has 0 spiro atoms. The molecule has 1 aliphatic rings. The molecular weight excluding hydrogens is 162 g/mol. The van der Waals surface area contributed by atoms with Crippen LogP contribution >= 0.6 is 0 Å². The minimum absolute atomic E-state index is 0.687. The highest BCUT2D eigenvalue weighted by molar-refractivity contribution is 6.01. The van der Waals surface area contributed by atoms with E-state index >= 15 is 0 Å². The maximum absolute atomic E-state index is 8.70. The molecule has 1 aromatic rings. The Hall–Kier alpha value is -1.82. The minimum atomic E-state index is 0.687. The third-order valence-corrected chi connectivity index (χ3v) is 2.01. The summed E-state index contributed by atoms with van der Waals surface area (Å²) in [4.78, 5) is 0. The van der Waals surface area contributed by atoms with Crippen LogP contribution in [0.5, 0.6) is 0 Å². The first-order valence-electron chi connectivity index (χ1n) is 4.20. The van der Waals surface area contributed by atoms with Crippen LogP contribution < -0.4 is 5.43 Å². The maximum atomic E-state index is 8.70. The summed E-state index contributed by atoms with van der Waals surface area (Å²) in [6.45, 7) is 0.895. The monoisotopic (exact) mass is 171 g/mol. The van der Waals surface area contributed by atoms with Gasteiger partial charge in [-0.3, -0.25) is 0 Å². The van der Waals surface area contributed by atoms with E-state index in [1.165, 1.54) is 0 Å². The number of nitrogens with zero attached hydrogens (tertiary/aromatic N) is 2. The fourth-order valence-corrected chi connectivity index (χ4v) is 1.36. The van der Waals surface area contributed by atoms with Gasteiger partial charge in [-0.2, -0.15) is 10.4 Å². The standard InChI is InChI=1S/C10H9N3/c11-7-8-2-1-3-9(6-8)10-4-5-12-13-10/h1-3,6,12H,4-5H2. The fourth-order valence-electron chi connectivity index (χ4n) is 1.36. The van der Waals surface area contributed by atoms with Crippen molar-refractivity contribution in [1.82, 2.24) is 5.43 Å². The Morgan fingerprint density at radius 1 is 1.46 bits per heavy atom. The SMILES string of the molecule is N#Cc1cccc(C2=NNCC2)c1. The molecule has 0 amide bonds. The lowest BCUT2D eigenvalue weighted by molar-refractivity contribution is 0.813. The molecule has 0 aliphatic carbocycles. The summed E-state index contributed by atoms with van der Waals surface area (Å²) in [5.74, 6) is 0. The lowest BCUT2D eigenvalue weighted by atomic mass is 10.1. The van der Waals surface area contributed by atoms with Crippen molar-refractivity contribution >= 4 is 5.71 Å². The van der Waals surface area contributed by atoms with E-state index in [2.05, 4.69) is 16.6 Å². The second-order valence-electron chi connectivity index (χ2n) is 2.91. The van der Waals surface area contributed by atoms with Crippen LogP contribution in [0.4, 0.5) is 0 Å². The first kappa shape index (κ1) is 7.81. The van der Waals surface area contributed by atoms with E-state index < -0.39 is 0 Å². The Kier molecular flexibility index (Phi) is 1.97. The molecule has 1 N–H and O–H groups in total. The predicted molar refractivity (Wildman–Crippen MR) is 50.3 cm³/mol. The average molecular weight is 171 g/mol. The summed E-state index contributed by atoms with van der Waals surface area (Å²) < 4.78 is 0. The van der Waals surface area contributed by atoms with Crippen LogP contribution in [0.2, 0.25) is 0 Å². The summed E-state index contributed by atoms with van der Waals surface area (Å²) in [5, 5.41) is 12.8. The summed E-state index contributed by atoms with van der Waals surface area (Å²) in [6, 6.07) is 9.64. The molecule has 64 valence electrons. The average Bonchev–Trinajstić information content (AvgIpc) is 2.71. The van der Waals surface area contributed by atoms with Crippen molar-refractivity contribution in [2.45, 2.75) is 6.42 Å². The number of nitrogens with one attached hydrogen (secondary N) is 1. The van der Waals surface area contributed by atoms with Gasteiger partial charge in [0.15, 0.2) is 0 Å². The highest BCUT2D eigenvalue weighted by Crippen LogP contribution is 2.09. The molecular formula is C10H9N3. The van der Waals surface area contributed by atoms with E-state index in [0.29, 0.717) is 5.56 Å². The molecule has 2 rings (SSSR count). The molecule has 0 radical (unpaired) electrons. The molecule has 1 aromatic carbocycles. The number of nitriles is 1. The quantitative estimate of drug-likeness (QED) is 0.691. The van der Waals surface area contributed by atoms with E-state index in [0.717, 1.165) is 24.2 Å². The number of benzene rings is 1. The Morgan fingerprint density at radius 3 is 3.08 bits per heavy atom. The number of hydrogen-bond donors (Lipinski definition) is 1. The second-order valence-corrected chi connectivity index (χ2v) is 2.91. The molecule has 1 heterocycles. The van der Waals surface area contributed by atoms with Gasteiger partial charge in [0.1, 0.15) is 0 Å². The first-order valence-corrected chi connectivity index (χ1v) is 4.20. The molecule has 3 heteroatoms. The van der Waals surface area contributed by atoms with Crippen molar-refractivity contribution in [2.24, 2.45) is 5.10 Å². The number of hydrogen-bond acceptors (Lipinski definition) is 3. The normalized spacial score (nSPS) is 14.5. The zero-order valence-electron chi connectivity index (χ0n) is 7.12. The number of rotatable bonds is 1. The van der Waals surface area contributed by atoms with E-state index in [9.17, 15) is 0 Å². The molecule has 0 fully saturated rings. The Balaban J connectivity index is 2.36. The largest absolute Gasteiger partial charge is 0.309 e. The zero-order valence-corrected chi connectivity index (χ0v) is 7.12. The lowest BCUT2D eigenvalue weighted by Gasteiger charge is -1.98. The molecule has 0 saturated carbocycles. The van der Waals surface area contributed by atoms with Crippen LogP contribution in [0.1, 0.15) is 17.5 Å². The molecule has 0 unspecified atom stereocenters. The van der Waals surface area contributed by atoms with Gasteiger partial charge in [-0.05, 0) is 17.7 Å². The summed E-state index contributed by atoms with van der Waals surface area (Å²) in [6.07, 6.45) is 0.939. The van der Waals surface area contributed by atoms with Gasteiger partial charge >= 0.3 is 0 Å². The topological polar surface area (TPSA) is 48.2 Å². The third-order valence-electron chi connectivity index (χ3n) is 2.01. The molecule has 0 aromatic heterocycles. The fraction of sp³-hybridized carbons (Fsp3) is 0.200. The van der Waals surface area contributed by atoms with Gasteiger partial charge in [0, 0.05) is 13.0 Å². The Labute approximate surface area is 76.7 Å². The van der Waals surface area contributed by atoms with E-state index in [-0.39, 0.29) is 0 Å². The molecule has 0 saturated heterocycles. The molecule has 13 heavy (non-hydrogen) atoms. The molecule has 1 aliphatic heterocycles. The third kappa shape index (κ3) is 1.52. The summed E-state index contributed by atoms with van der Waals surface area (Å²) in [5.41, 5.74) is 5.68. The summed E-state index contributed by atoms with van der Waals surface area (Å²) in [7, 11) is 0. The van der Waals surface area contributed by atoms with Crippen molar-refractivity contribution in [3.63, 3.8) is 0 Å². The number of hydrazone groups is 1. The van der Waals surface area contributed by atoms with Gasteiger partial charge in [0.25, 0.3) is 0 Å². The van der Waals surface area contributed by atoms with Gasteiger partial charge in [0.2, 0.25) is 0 Å². The van der Waals surface area contributed by atoms with Crippen LogP contribution in [0.3, 0.4) is 0 Å². The van der Waals surface area contributed by atoms with Crippen molar-refractivity contribution in [1.29, 1.82) is 5.26 Å². The zero-order chi connectivity index (χ0) is 9.10. The van der Waals surface area contributed by atoms with E-state index in [1.807, 2.05) is 18.2 Å². The smallest absolute Gasteiger partial charge is 0.0991 e. The van der Waals surface area contributed by atoms with Crippen LogP contribution in [0.25, 0.3) is 0 Å². The predicted octanol–water partition coefficient (Wildman–Crippen LogP) is 1.26. The van der Waals surface area contributed by atoms with Crippen LogP contribution in [0.15, 0.2) is 29.4 Å². The van der Waals surface area contributed by atoms with Gasteiger partial charge in [-0.1, -0.05) is 12.1 Å². The Bertz CT molecular complexity index is 387. The van der Waals surface area contributed by atoms with Gasteiger partial charge in [-0.15, -0.1) is 0 Å². The van der Waals surface area contributed by atoms with Crippen LogP contribution in [-0.4, -0.2) is 12.3 Å². The highest BCUT2D eigenvalue weighted by atomic mass is 15.3. The maximum Gasteiger partial charge on any atom is 0.0991 e. The van der Waals surface area contributed by atoms with Crippen molar-refractivity contribution < 1.29 is 0 Å². The minimum Gasteiger partial charge on any atom is -0.309 e. The van der Waals surface area contributed by atoms with Gasteiger partial charge < -0.3 is 5.43 Å². The molecule has 0 atom stereocenters. The van der Waals surface area contributed by atoms with Crippen molar-refractivity contribution in [3.8, 4) is 6.07 Å². The second kappa shape index (κ2) is 3.28. The lowest BCUT2D eigenvalue weighted by Crippen LogP contribution is -1.98. The first-order chi connectivity index (χ1) is 6.40. The molecule has 0 bridgehead atoms. The summed E-state index contributed by atoms with van der Waals surface area (Å²) >= 11 is 0. The van der Waals surface area contributed by atoms with Crippen molar-refractivity contribution in [2.75, 3.05) is 6.54 Å². The van der Waals surface area contributed by atoms with Gasteiger partial charge in [-0.25, -0.2) is 0 Å². The van der Waals surface area contributed by atoms with Gasteiger partial charge in [0.05, 0.1) is 17.3 Å². The Morgan fingerprint density at radius 2 is 2.38 bits per heavy atom. The van der Waals surface area contributed by atoms with Crippen LogP contribution in [-0.2, 0) is 0 Å². The highest BCUT2D eigenvalue weighted by Gasteiger charge is 2.08. The van der Waals surface area contributed by atoms with E-state index in [1.54, 1.807) is 6.07 Å². The van der Waals surface area contributed by atoms with Crippen molar-refractivity contribution in [3.05, 3.63) is 35.4 Å².